The highest BCUT2D eigenvalue weighted by Crippen LogP contribution is 2.31. The maximum absolute atomic E-state index is 6.14. The van der Waals surface area contributed by atoms with E-state index in [2.05, 4.69) is 56.4 Å². The molecular weight excluding hydrogens is 258 g/mol. The van der Waals surface area contributed by atoms with Crippen molar-refractivity contribution in [2.75, 3.05) is 7.05 Å². The summed E-state index contributed by atoms with van der Waals surface area (Å²) in [6, 6.07) is 16.9. The van der Waals surface area contributed by atoms with Gasteiger partial charge in [-0.25, -0.2) is 0 Å². The van der Waals surface area contributed by atoms with Crippen molar-refractivity contribution in [2.24, 2.45) is 0 Å². The van der Waals surface area contributed by atoms with Crippen LogP contribution < -0.4 is 10.1 Å². The van der Waals surface area contributed by atoms with Crippen LogP contribution in [0.1, 0.15) is 50.3 Å². The molecule has 2 aromatic carbocycles. The second-order valence-corrected chi connectivity index (χ2v) is 5.62. The molecule has 0 bridgehead atoms. The molecule has 112 valence electrons. The van der Waals surface area contributed by atoms with E-state index in [4.69, 9.17) is 4.74 Å². The highest BCUT2D eigenvalue weighted by molar-refractivity contribution is 5.41. The molecule has 0 aliphatic rings. The molecule has 0 heterocycles. The summed E-state index contributed by atoms with van der Waals surface area (Å²) in [6.45, 7) is 6.57. The average Bonchev–Trinajstić information content (AvgIpc) is 2.50. The molecule has 1 unspecified atom stereocenters. The molecule has 2 rings (SSSR count). The summed E-state index contributed by atoms with van der Waals surface area (Å²) >= 11 is 0. The molecular formula is C19H25NO. The molecule has 0 saturated carbocycles. The van der Waals surface area contributed by atoms with E-state index in [0.717, 1.165) is 17.9 Å². The monoisotopic (exact) mass is 283 g/mol. The SMILES string of the molecule is CCC(NC)c1ccccc1Oc1cccc(C(C)C)c1. The normalized spacial score (nSPS) is 12.4. The minimum Gasteiger partial charge on any atom is -0.457 e. The maximum Gasteiger partial charge on any atom is 0.132 e. The number of para-hydroxylation sites is 1. The van der Waals surface area contributed by atoms with E-state index in [0.29, 0.717) is 12.0 Å². The van der Waals surface area contributed by atoms with Gasteiger partial charge in [-0.2, -0.15) is 0 Å². The quantitative estimate of drug-likeness (QED) is 0.779. The van der Waals surface area contributed by atoms with E-state index in [1.54, 1.807) is 0 Å². The summed E-state index contributed by atoms with van der Waals surface area (Å²) in [7, 11) is 1.99. The molecule has 0 radical (unpaired) electrons. The summed E-state index contributed by atoms with van der Waals surface area (Å²) < 4.78 is 6.14. The zero-order chi connectivity index (χ0) is 15.2. The first-order valence-corrected chi connectivity index (χ1v) is 7.69. The van der Waals surface area contributed by atoms with Crippen LogP contribution in [0.4, 0.5) is 0 Å². The van der Waals surface area contributed by atoms with Crippen molar-refractivity contribution in [3.05, 3.63) is 59.7 Å². The molecule has 0 fully saturated rings. The summed E-state index contributed by atoms with van der Waals surface area (Å²) in [6.07, 6.45) is 1.03. The Morgan fingerprint density at radius 1 is 1.05 bits per heavy atom. The molecule has 0 saturated heterocycles. The van der Waals surface area contributed by atoms with Crippen molar-refractivity contribution >= 4 is 0 Å². The fraction of sp³-hybridized carbons (Fsp3) is 0.368. The molecule has 21 heavy (non-hydrogen) atoms. The molecule has 0 amide bonds. The molecule has 1 atom stereocenters. The van der Waals surface area contributed by atoms with Crippen molar-refractivity contribution in [1.82, 2.24) is 5.32 Å². The third-order valence-corrected chi connectivity index (χ3v) is 3.80. The highest BCUT2D eigenvalue weighted by atomic mass is 16.5. The van der Waals surface area contributed by atoms with Crippen molar-refractivity contribution in [3.8, 4) is 11.5 Å². The van der Waals surface area contributed by atoms with E-state index in [1.165, 1.54) is 11.1 Å². The van der Waals surface area contributed by atoms with E-state index in [1.807, 2.05) is 25.2 Å². The summed E-state index contributed by atoms with van der Waals surface area (Å²) in [5.41, 5.74) is 2.50. The van der Waals surface area contributed by atoms with Gasteiger partial charge >= 0.3 is 0 Å². The first-order valence-electron chi connectivity index (χ1n) is 7.69. The van der Waals surface area contributed by atoms with Crippen LogP contribution in [-0.4, -0.2) is 7.05 Å². The van der Waals surface area contributed by atoms with Gasteiger partial charge in [-0.1, -0.05) is 51.1 Å². The number of rotatable bonds is 6. The number of benzene rings is 2. The largest absolute Gasteiger partial charge is 0.457 e. The van der Waals surface area contributed by atoms with Gasteiger partial charge in [0, 0.05) is 11.6 Å². The maximum atomic E-state index is 6.14. The third-order valence-electron chi connectivity index (χ3n) is 3.80. The van der Waals surface area contributed by atoms with Gasteiger partial charge in [0.2, 0.25) is 0 Å². The number of hydrogen-bond acceptors (Lipinski definition) is 2. The van der Waals surface area contributed by atoms with Crippen molar-refractivity contribution in [3.63, 3.8) is 0 Å². The lowest BCUT2D eigenvalue weighted by Gasteiger charge is -2.19. The Bertz CT molecular complexity index is 573. The lowest BCUT2D eigenvalue weighted by atomic mass is 10.0. The van der Waals surface area contributed by atoms with Gasteiger partial charge in [-0.3, -0.25) is 0 Å². The minimum atomic E-state index is 0.314. The molecule has 2 aromatic rings. The van der Waals surface area contributed by atoms with E-state index in [-0.39, 0.29) is 0 Å². The minimum absolute atomic E-state index is 0.314. The molecule has 0 aliphatic heterocycles. The zero-order valence-electron chi connectivity index (χ0n) is 13.4. The van der Waals surface area contributed by atoms with Gasteiger partial charge in [0.15, 0.2) is 0 Å². The fourth-order valence-corrected chi connectivity index (χ4v) is 2.51. The highest BCUT2D eigenvalue weighted by Gasteiger charge is 2.13. The van der Waals surface area contributed by atoms with E-state index >= 15 is 0 Å². The predicted octanol–water partition coefficient (Wildman–Crippen LogP) is 5.27. The van der Waals surface area contributed by atoms with Gasteiger partial charge in [-0.15, -0.1) is 0 Å². The standard InChI is InChI=1S/C19H25NO/c1-5-18(20-4)17-11-6-7-12-19(17)21-16-10-8-9-15(13-16)14(2)3/h6-14,18,20H,5H2,1-4H3. The van der Waals surface area contributed by atoms with Gasteiger partial charge in [0.1, 0.15) is 11.5 Å². The van der Waals surface area contributed by atoms with Crippen LogP contribution in [0.2, 0.25) is 0 Å². The van der Waals surface area contributed by atoms with Crippen LogP contribution in [0, 0.1) is 0 Å². The Labute approximate surface area is 128 Å². The smallest absolute Gasteiger partial charge is 0.132 e. The van der Waals surface area contributed by atoms with Crippen LogP contribution >= 0.6 is 0 Å². The molecule has 2 nitrogen and oxygen atoms in total. The van der Waals surface area contributed by atoms with Crippen LogP contribution in [0.3, 0.4) is 0 Å². The van der Waals surface area contributed by atoms with Gasteiger partial charge in [0.05, 0.1) is 0 Å². The molecule has 0 aliphatic carbocycles. The third kappa shape index (κ3) is 3.85. The Balaban J connectivity index is 2.29. The van der Waals surface area contributed by atoms with Crippen LogP contribution in [-0.2, 0) is 0 Å². The van der Waals surface area contributed by atoms with Gasteiger partial charge < -0.3 is 10.1 Å². The van der Waals surface area contributed by atoms with Crippen LogP contribution in [0.25, 0.3) is 0 Å². The fourth-order valence-electron chi connectivity index (χ4n) is 2.51. The van der Waals surface area contributed by atoms with E-state index in [9.17, 15) is 0 Å². The topological polar surface area (TPSA) is 21.3 Å². The number of nitrogens with one attached hydrogen (secondary N) is 1. The van der Waals surface area contributed by atoms with Crippen molar-refractivity contribution in [2.45, 2.75) is 39.2 Å². The molecule has 1 N–H and O–H groups in total. The Morgan fingerprint density at radius 2 is 1.81 bits per heavy atom. The average molecular weight is 283 g/mol. The summed E-state index contributed by atoms with van der Waals surface area (Å²) in [5.74, 6) is 2.34. The molecule has 2 heteroatoms. The second-order valence-electron chi connectivity index (χ2n) is 5.62. The lowest BCUT2D eigenvalue weighted by molar-refractivity contribution is 0.458. The van der Waals surface area contributed by atoms with E-state index < -0.39 is 0 Å². The second kappa shape index (κ2) is 7.28. The lowest BCUT2D eigenvalue weighted by Crippen LogP contribution is -2.15. The van der Waals surface area contributed by atoms with Gasteiger partial charge in [-0.05, 0) is 43.1 Å². The van der Waals surface area contributed by atoms with Crippen molar-refractivity contribution in [1.29, 1.82) is 0 Å². The Kier molecular flexibility index (Phi) is 5.40. The molecule has 0 aromatic heterocycles. The van der Waals surface area contributed by atoms with Crippen LogP contribution in [0.5, 0.6) is 11.5 Å². The predicted molar refractivity (Wildman–Crippen MR) is 89.1 cm³/mol. The summed E-state index contributed by atoms with van der Waals surface area (Å²) in [5, 5.41) is 3.34. The summed E-state index contributed by atoms with van der Waals surface area (Å²) in [4.78, 5) is 0. The Morgan fingerprint density at radius 3 is 2.48 bits per heavy atom. The van der Waals surface area contributed by atoms with Crippen LogP contribution in [0.15, 0.2) is 48.5 Å². The Hall–Kier alpha value is -1.80. The first kappa shape index (κ1) is 15.6. The van der Waals surface area contributed by atoms with Gasteiger partial charge in [0.25, 0.3) is 0 Å². The first-order chi connectivity index (χ1) is 10.2. The number of hydrogen-bond donors (Lipinski definition) is 1. The molecule has 0 spiro atoms. The van der Waals surface area contributed by atoms with Crippen molar-refractivity contribution < 1.29 is 4.74 Å². The number of ether oxygens (including phenoxy) is 1. The zero-order valence-corrected chi connectivity index (χ0v) is 13.4.